The first-order chi connectivity index (χ1) is 8.49. The molecule has 5 heteroatoms. The number of carbonyl (C=O) groups is 2. The average Bonchev–Trinajstić information content (AvgIpc) is 3.14. The number of carboxylic acid groups (broad SMARTS) is 1. The summed E-state index contributed by atoms with van der Waals surface area (Å²) in [5.41, 5.74) is -0.127. The minimum atomic E-state index is -1.15. The summed E-state index contributed by atoms with van der Waals surface area (Å²) in [4.78, 5) is 22.6. The standard InChI is InChI=1S/C13H14FNO3/c1-7(8-2-3-8)12(16)15-11-6-9(13(17)18)4-5-10(11)14/h4-8H,2-3H2,1H3,(H,15,16)(H,17,18). The molecule has 2 N–H and O–H groups in total. The van der Waals surface area contributed by atoms with Crippen molar-refractivity contribution in [2.24, 2.45) is 11.8 Å². The Hall–Kier alpha value is -1.91. The second-order valence-electron chi connectivity index (χ2n) is 4.62. The number of amides is 1. The van der Waals surface area contributed by atoms with E-state index in [1.807, 2.05) is 0 Å². The molecular formula is C13H14FNO3. The third-order valence-electron chi connectivity index (χ3n) is 3.21. The maximum absolute atomic E-state index is 13.5. The Morgan fingerprint density at radius 3 is 2.67 bits per heavy atom. The summed E-state index contributed by atoms with van der Waals surface area (Å²) in [5.74, 6) is -1.84. The molecule has 1 saturated carbocycles. The number of nitrogens with one attached hydrogen (secondary N) is 1. The van der Waals surface area contributed by atoms with Gasteiger partial charge < -0.3 is 10.4 Å². The van der Waals surface area contributed by atoms with Crippen molar-refractivity contribution in [1.29, 1.82) is 0 Å². The highest BCUT2D eigenvalue weighted by molar-refractivity contribution is 5.95. The van der Waals surface area contributed by atoms with Crippen molar-refractivity contribution in [3.05, 3.63) is 29.6 Å². The van der Waals surface area contributed by atoms with Gasteiger partial charge in [0.15, 0.2) is 0 Å². The zero-order valence-corrected chi connectivity index (χ0v) is 9.94. The average molecular weight is 251 g/mol. The number of halogens is 1. The molecule has 1 aromatic carbocycles. The van der Waals surface area contributed by atoms with Gasteiger partial charge in [0.05, 0.1) is 11.3 Å². The SMILES string of the molecule is CC(C(=O)Nc1cc(C(=O)O)ccc1F)C1CC1. The van der Waals surface area contributed by atoms with Crippen LogP contribution in [0, 0.1) is 17.7 Å². The lowest BCUT2D eigenvalue weighted by Gasteiger charge is -2.12. The second-order valence-corrected chi connectivity index (χ2v) is 4.62. The van der Waals surface area contributed by atoms with Crippen LogP contribution in [0.4, 0.5) is 10.1 Å². The van der Waals surface area contributed by atoms with Gasteiger partial charge in [0.1, 0.15) is 5.82 Å². The summed E-state index contributed by atoms with van der Waals surface area (Å²) >= 11 is 0. The van der Waals surface area contributed by atoms with Gasteiger partial charge in [-0.15, -0.1) is 0 Å². The van der Waals surface area contributed by atoms with E-state index in [9.17, 15) is 14.0 Å². The highest BCUT2D eigenvalue weighted by Gasteiger charge is 2.32. The quantitative estimate of drug-likeness (QED) is 0.864. The third-order valence-corrected chi connectivity index (χ3v) is 3.21. The van der Waals surface area contributed by atoms with E-state index >= 15 is 0 Å². The van der Waals surface area contributed by atoms with Crippen LogP contribution in [0.3, 0.4) is 0 Å². The monoisotopic (exact) mass is 251 g/mol. The van der Waals surface area contributed by atoms with Crippen molar-refractivity contribution in [2.45, 2.75) is 19.8 Å². The third kappa shape index (κ3) is 2.67. The van der Waals surface area contributed by atoms with Crippen molar-refractivity contribution in [3.63, 3.8) is 0 Å². The molecule has 0 aromatic heterocycles. The molecular weight excluding hydrogens is 237 g/mol. The summed E-state index contributed by atoms with van der Waals surface area (Å²) < 4.78 is 13.5. The van der Waals surface area contributed by atoms with Gasteiger partial charge in [-0.3, -0.25) is 4.79 Å². The maximum Gasteiger partial charge on any atom is 0.335 e. The Morgan fingerprint density at radius 2 is 2.11 bits per heavy atom. The maximum atomic E-state index is 13.5. The van der Waals surface area contributed by atoms with Gasteiger partial charge in [-0.1, -0.05) is 6.92 Å². The van der Waals surface area contributed by atoms with E-state index in [-0.39, 0.29) is 23.1 Å². The van der Waals surface area contributed by atoms with Crippen molar-refractivity contribution in [1.82, 2.24) is 0 Å². The fourth-order valence-electron chi connectivity index (χ4n) is 1.81. The molecule has 1 unspecified atom stereocenters. The summed E-state index contributed by atoms with van der Waals surface area (Å²) in [7, 11) is 0. The number of carbonyl (C=O) groups excluding carboxylic acids is 1. The lowest BCUT2D eigenvalue weighted by atomic mass is 10.1. The van der Waals surface area contributed by atoms with E-state index in [4.69, 9.17) is 5.11 Å². The first-order valence-electron chi connectivity index (χ1n) is 5.82. The Morgan fingerprint density at radius 1 is 1.44 bits per heavy atom. The number of benzene rings is 1. The molecule has 1 amide bonds. The smallest absolute Gasteiger partial charge is 0.335 e. The van der Waals surface area contributed by atoms with Crippen LogP contribution in [0.15, 0.2) is 18.2 Å². The van der Waals surface area contributed by atoms with Gasteiger partial charge in [0.25, 0.3) is 0 Å². The van der Waals surface area contributed by atoms with E-state index < -0.39 is 11.8 Å². The lowest BCUT2D eigenvalue weighted by Crippen LogP contribution is -2.22. The zero-order valence-electron chi connectivity index (χ0n) is 9.94. The number of hydrogen-bond donors (Lipinski definition) is 2. The summed E-state index contributed by atoms with van der Waals surface area (Å²) in [6, 6.07) is 3.34. The summed E-state index contributed by atoms with van der Waals surface area (Å²) in [5, 5.41) is 11.3. The van der Waals surface area contributed by atoms with Gasteiger partial charge in [0, 0.05) is 5.92 Å². The molecule has 0 aliphatic heterocycles. The first-order valence-corrected chi connectivity index (χ1v) is 5.82. The molecule has 0 radical (unpaired) electrons. The van der Waals surface area contributed by atoms with E-state index in [0.29, 0.717) is 5.92 Å². The van der Waals surface area contributed by atoms with Gasteiger partial charge >= 0.3 is 5.97 Å². The molecule has 1 aromatic rings. The van der Waals surface area contributed by atoms with Crippen LogP contribution in [0.1, 0.15) is 30.1 Å². The van der Waals surface area contributed by atoms with Crippen LogP contribution in [0.25, 0.3) is 0 Å². The number of anilines is 1. The predicted octanol–water partition coefficient (Wildman–Crippen LogP) is 2.51. The summed E-state index contributed by atoms with van der Waals surface area (Å²) in [6.45, 7) is 1.80. The van der Waals surface area contributed by atoms with Crippen LogP contribution >= 0.6 is 0 Å². The molecule has 0 bridgehead atoms. The minimum Gasteiger partial charge on any atom is -0.478 e. The molecule has 96 valence electrons. The van der Waals surface area contributed by atoms with Crippen molar-refractivity contribution in [2.75, 3.05) is 5.32 Å². The van der Waals surface area contributed by atoms with Crippen molar-refractivity contribution < 1.29 is 19.1 Å². The molecule has 4 nitrogen and oxygen atoms in total. The second kappa shape index (κ2) is 4.76. The van der Waals surface area contributed by atoms with Crippen molar-refractivity contribution >= 4 is 17.6 Å². The van der Waals surface area contributed by atoms with Gasteiger partial charge in [-0.05, 0) is 37.0 Å². The molecule has 2 rings (SSSR count). The Labute approximate surface area is 104 Å². The topological polar surface area (TPSA) is 66.4 Å². The van der Waals surface area contributed by atoms with Gasteiger partial charge in [0.2, 0.25) is 5.91 Å². The van der Waals surface area contributed by atoms with Crippen LogP contribution in [-0.2, 0) is 4.79 Å². The van der Waals surface area contributed by atoms with E-state index in [1.165, 1.54) is 0 Å². The minimum absolute atomic E-state index is 0.0502. The molecule has 1 aliphatic rings. The van der Waals surface area contributed by atoms with Crippen LogP contribution in [0.5, 0.6) is 0 Å². The van der Waals surface area contributed by atoms with Gasteiger partial charge in [-0.2, -0.15) is 0 Å². The molecule has 1 fully saturated rings. The number of carboxylic acids is 1. The zero-order chi connectivity index (χ0) is 13.3. The number of hydrogen-bond acceptors (Lipinski definition) is 2. The number of rotatable bonds is 4. The van der Waals surface area contributed by atoms with Crippen molar-refractivity contribution in [3.8, 4) is 0 Å². The largest absolute Gasteiger partial charge is 0.478 e. The van der Waals surface area contributed by atoms with E-state index in [0.717, 1.165) is 31.0 Å². The Balaban J connectivity index is 2.14. The predicted molar refractivity (Wildman–Crippen MR) is 63.9 cm³/mol. The molecule has 0 saturated heterocycles. The fourth-order valence-corrected chi connectivity index (χ4v) is 1.81. The highest BCUT2D eigenvalue weighted by atomic mass is 19.1. The molecule has 0 heterocycles. The normalized spacial score (nSPS) is 16.1. The molecule has 1 aliphatic carbocycles. The Kier molecular flexibility index (Phi) is 3.32. The Bertz CT molecular complexity index is 497. The fraction of sp³-hybridized carbons (Fsp3) is 0.385. The highest BCUT2D eigenvalue weighted by Crippen LogP contribution is 2.37. The van der Waals surface area contributed by atoms with E-state index in [2.05, 4.69) is 5.32 Å². The number of aromatic carboxylic acids is 1. The van der Waals surface area contributed by atoms with Crippen LogP contribution in [-0.4, -0.2) is 17.0 Å². The molecule has 0 spiro atoms. The molecule has 1 atom stereocenters. The van der Waals surface area contributed by atoms with Crippen LogP contribution < -0.4 is 5.32 Å². The lowest BCUT2D eigenvalue weighted by molar-refractivity contribution is -0.119. The van der Waals surface area contributed by atoms with Crippen LogP contribution in [0.2, 0.25) is 0 Å². The van der Waals surface area contributed by atoms with Gasteiger partial charge in [-0.25, -0.2) is 9.18 Å². The summed E-state index contributed by atoms with van der Waals surface area (Å²) in [6.07, 6.45) is 2.04. The molecule has 18 heavy (non-hydrogen) atoms. The first kappa shape index (κ1) is 12.5. The van der Waals surface area contributed by atoms with E-state index in [1.54, 1.807) is 6.92 Å².